The number of carbonyl (C=O) groups is 1. The molecule has 4 N–H and O–H groups in total. The first kappa shape index (κ1) is 32.5. The van der Waals surface area contributed by atoms with E-state index in [1.165, 1.54) is 0 Å². The van der Waals surface area contributed by atoms with Crippen molar-refractivity contribution in [1.82, 2.24) is 4.98 Å². The van der Waals surface area contributed by atoms with Crippen LogP contribution in [0.15, 0.2) is 36.5 Å². The Morgan fingerprint density at radius 3 is 2.38 bits per heavy atom. The number of amides is 1. The maximum atomic E-state index is 13.1. The lowest BCUT2D eigenvalue weighted by atomic mass is 9.81. The van der Waals surface area contributed by atoms with Crippen LogP contribution in [0.3, 0.4) is 0 Å². The van der Waals surface area contributed by atoms with Crippen LogP contribution in [0.2, 0.25) is 0 Å². The lowest BCUT2D eigenvalue weighted by molar-refractivity contribution is -0.122. The smallest absolute Gasteiger partial charge is 0.228 e. The number of ether oxygens (including phenoxy) is 3. The third kappa shape index (κ3) is 10.8. The van der Waals surface area contributed by atoms with Gasteiger partial charge in [-0.3, -0.25) is 4.79 Å². The van der Waals surface area contributed by atoms with Crippen molar-refractivity contribution in [3.8, 4) is 11.5 Å². The summed E-state index contributed by atoms with van der Waals surface area (Å²) in [5.41, 5.74) is 8.70. The van der Waals surface area contributed by atoms with Gasteiger partial charge in [0.05, 0.1) is 19.8 Å². The Bertz CT molecular complexity index is 1010. The Morgan fingerprint density at radius 1 is 1.03 bits per heavy atom. The summed E-state index contributed by atoms with van der Waals surface area (Å²) in [5.74, 6) is 2.04. The third-order valence-electron chi connectivity index (χ3n) is 7.29. The molecule has 0 saturated heterocycles. The summed E-state index contributed by atoms with van der Waals surface area (Å²) in [6.45, 7) is 11.5. The lowest BCUT2D eigenvalue weighted by Crippen LogP contribution is -2.41. The Labute approximate surface area is 234 Å². The van der Waals surface area contributed by atoms with Crippen molar-refractivity contribution < 1.29 is 24.1 Å². The predicted octanol–water partition coefficient (Wildman–Crippen LogP) is 5.01. The number of nitrogens with zero attached hydrogens (tertiary/aromatic N) is 1. The number of rotatable bonds is 17. The molecule has 2 aromatic rings. The van der Waals surface area contributed by atoms with Crippen LogP contribution in [-0.4, -0.2) is 55.6 Å². The highest BCUT2D eigenvalue weighted by atomic mass is 16.5. The van der Waals surface area contributed by atoms with E-state index in [0.29, 0.717) is 49.3 Å². The van der Waals surface area contributed by atoms with Crippen LogP contribution >= 0.6 is 0 Å². The van der Waals surface area contributed by atoms with E-state index in [4.69, 9.17) is 19.9 Å². The molecule has 0 saturated carbocycles. The number of aromatic nitrogens is 1. The summed E-state index contributed by atoms with van der Waals surface area (Å²) in [6, 6.07) is 9.28. The fourth-order valence-electron chi connectivity index (χ4n) is 4.69. The molecule has 1 heterocycles. The molecule has 39 heavy (non-hydrogen) atoms. The Balaban J connectivity index is 2.04. The number of benzene rings is 1. The largest absolute Gasteiger partial charge is 0.493 e. The molecule has 0 unspecified atom stereocenters. The number of hydrogen-bond donors (Lipinski definition) is 3. The van der Waals surface area contributed by atoms with E-state index in [-0.39, 0.29) is 23.7 Å². The van der Waals surface area contributed by atoms with E-state index in [1.54, 1.807) is 20.4 Å². The zero-order valence-electron chi connectivity index (χ0n) is 24.8. The second-order valence-electron chi connectivity index (χ2n) is 11.1. The molecule has 1 amide bonds. The normalized spacial score (nSPS) is 14.6. The van der Waals surface area contributed by atoms with Crippen LogP contribution in [0.1, 0.15) is 58.1 Å². The van der Waals surface area contributed by atoms with Crippen molar-refractivity contribution in [3.63, 3.8) is 0 Å². The van der Waals surface area contributed by atoms with Gasteiger partial charge in [0.1, 0.15) is 5.82 Å². The first-order chi connectivity index (χ1) is 18.5. The first-order valence-corrected chi connectivity index (χ1v) is 14.0. The van der Waals surface area contributed by atoms with E-state index >= 15 is 0 Å². The van der Waals surface area contributed by atoms with Crippen LogP contribution in [-0.2, 0) is 16.0 Å². The van der Waals surface area contributed by atoms with Gasteiger partial charge in [-0.1, -0.05) is 33.8 Å². The van der Waals surface area contributed by atoms with E-state index in [1.807, 2.05) is 45.0 Å². The minimum absolute atomic E-state index is 0.0409. The van der Waals surface area contributed by atoms with Crippen LogP contribution in [0.4, 0.5) is 5.82 Å². The summed E-state index contributed by atoms with van der Waals surface area (Å²) in [6.07, 6.45) is 3.40. The molecule has 0 spiro atoms. The highest BCUT2D eigenvalue weighted by Crippen LogP contribution is 2.32. The second-order valence-corrected chi connectivity index (χ2v) is 11.1. The summed E-state index contributed by atoms with van der Waals surface area (Å²) in [7, 11) is 3.31. The minimum atomic E-state index is -0.801. The van der Waals surface area contributed by atoms with Crippen LogP contribution in [0, 0.1) is 30.6 Å². The highest BCUT2D eigenvalue weighted by molar-refractivity contribution is 5.91. The van der Waals surface area contributed by atoms with Crippen molar-refractivity contribution in [3.05, 3.63) is 47.7 Å². The minimum Gasteiger partial charge on any atom is -0.493 e. The third-order valence-corrected chi connectivity index (χ3v) is 7.29. The molecule has 1 aromatic heterocycles. The average Bonchev–Trinajstić information content (AvgIpc) is 2.88. The first-order valence-electron chi connectivity index (χ1n) is 14.0. The number of pyridine rings is 1. The van der Waals surface area contributed by atoms with Gasteiger partial charge in [-0.2, -0.15) is 0 Å². The van der Waals surface area contributed by atoms with Crippen molar-refractivity contribution in [2.75, 3.05) is 32.8 Å². The van der Waals surface area contributed by atoms with Crippen LogP contribution in [0.5, 0.6) is 11.5 Å². The van der Waals surface area contributed by atoms with Crippen molar-refractivity contribution in [2.45, 2.75) is 72.4 Å². The number of carbonyl (C=O) groups excluding carboxylic acids is 1. The van der Waals surface area contributed by atoms with Crippen LogP contribution in [0.25, 0.3) is 0 Å². The Kier molecular flexibility index (Phi) is 13.7. The van der Waals surface area contributed by atoms with E-state index < -0.39 is 12.1 Å². The van der Waals surface area contributed by atoms with E-state index in [9.17, 15) is 9.90 Å². The van der Waals surface area contributed by atoms with Gasteiger partial charge in [-0.25, -0.2) is 4.98 Å². The van der Waals surface area contributed by atoms with Gasteiger partial charge >= 0.3 is 0 Å². The molecule has 0 bridgehead atoms. The molecule has 0 aliphatic carbocycles. The Morgan fingerprint density at radius 2 is 1.77 bits per heavy atom. The maximum absolute atomic E-state index is 13.1. The Hall–Kier alpha value is -2.68. The standard InChI is InChI=1S/C31H49N3O5/c1-20(2)24(16-23-9-10-28(38-7)29(17-23)39-14-8-13-37-6)18-26(32)27(35)19-25(21(3)4)31(36)34-30-15-22(5)11-12-33-30/h9-12,15,17,20-21,24-27,35H,8,13-14,16,18-19,32H2,1-7H3,(H,33,34,36)/t24-,25-,26-,27-/m0/s1. The summed E-state index contributed by atoms with van der Waals surface area (Å²) >= 11 is 0. The summed E-state index contributed by atoms with van der Waals surface area (Å²) < 4.78 is 16.5. The van der Waals surface area contributed by atoms with Gasteiger partial charge in [0, 0.05) is 38.3 Å². The number of methoxy groups -OCH3 is 2. The number of nitrogens with one attached hydrogen (secondary N) is 1. The second kappa shape index (κ2) is 16.4. The molecule has 218 valence electrons. The molecule has 0 aliphatic heterocycles. The number of anilines is 1. The molecule has 0 radical (unpaired) electrons. The molecule has 2 rings (SSSR count). The van der Waals surface area contributed by atoms with Gasteiger partial charge in [0.25, 0.3) is 0 Å². The lowest BCUT2D eigenvalue weighted by Gasteiger charge is -2.30. The molecule has 4 atom stereocenters. The van der Waals surface area contributed by atoms with E-state index in [0.717, 1.165) is 24.0 Å². The van der Waals surface area contributed by atoms with Gasteiger partial charge in [-0.15, -0.1) is 0 Å². The summed E-state index contributed by atoms with van der Waals surface area (Å²) in [5, 5.41) is 14.0. The van der Waals surface area contributed by atoms with Crippen molar-refractivity contribution in [1.29, 1.82) is 0 Å². The number of aryl methyl sites for hydroxylation is 1. The highest BCUT2D eigenvalue weighted by Gasteiger charge is 2.30. The molecule has 0 fully saturated rings. The summed E-state index contributed by atoms with van der Waals surface area (Å²) in [4.78, 5) is 17.3. The van der Waals surface area contributed by atoms with E-state index in [2.05, 4.69) is 30.2 Å². The van der Waals surface area contributed by atoms with Gasteiger partial charge in [0.2, 0.25) is 5.91 Å². The maximum Gasteiger partial charge on any atom is 0.228 e. The van der Waals surface area contributed by atoms with Crippen LogP contribution < -0.4 is 20.5 Å². The van der Waals surface area contributed by atoms with Gasteiger partial charge in [0.15, 0.2) is 11.5 Å². The molecule has 0 aliphatic rings. The predicted molar refractivity (Wildman–Crippen MR) is 156 cm³/mol. The molecular formula is C31H49N3O5. The topological polar surface area (TPSA) is 116 Å². The van der Waals surface area contributed by atoms with Crippen molar-refractivity contribution >= 4 is 11.7 Å². The molecule has 1 aromatic carbocycles. The number of aliphatic hydroxyl groups is 1. The van der Waals surface area contributed by atoms with Crippen molar-refractivity contribution in [2.24, 2.45) is 29.4 Å². The fourth-order valence-corrected chi connectivity index (χ4v) is 4.69. The number of aliphatic hydroxyl groups excluding tert-OH is 1. The fraction of sp³-hybridized carbons (Fsp3) is 0.613. The molecule has 8 nitrogen and oxygen atoms in total. The molecular weight excluding hydrogens is 494 g/mol. The number of nitrogens with two attached hydrogens (primary N) is 1. The SMILES string of the molecule is COCCCOc1cc(C[C@@H](C[C@H](N)[C@@H](O)C[C@H](C(=O)Nc2cc(C)ccn2)C(C)C)C(C)C)ccc1OC. The molecule has 8 heteroatoms. The average molecular weight is 544 g/mol. The number of hydrogen-bond acceptors (Lipinski definition) is 7. The van der Waals surface area contributed by atoms with Gasteiger partial charge in [-0.05, 0) is 79.3 Å². The zero-order chi connectivity index (χ0) is 28.9. The zero-order valence-corrected chi connectivity index (χ0v) is 24.8. The van der Waals surface area contributed by atoms with Gasteiger partial charge < -0.3 is 30.4 Å². The quantitative estimate of drug-likeness (QED) is 0.240. The monoisotopic (exact) mass is 543 g/mol.